The fourth-order valence-electron chi connectivity index (χ4n) is 4.66. The molecule has 1 heterocycles. The Hall–Kier alpha value is -1.40. The lowest BCUT2D eigenvalue weighted by Crippen LogP contribution is -2.96. The minimum Gasteiger partial charge on any atom is -0.462 e. The lowest BCUT2D eigenvalue weighted by atomic mass is 9.88. The molecule has 2 aliphatic carbocycles. The number of esters is 1. The molecule has 1 aromatic heterocycles. The van der Waals surface area contributed by atoms with E-state index >= 15 is 0 Å². The molecular weight excluding hydrogens is 384 g/mol. The summed E-state index contributed by atoms with van der Waals surface area (Å²) in [6.07, 6.45) is 11.8. The van der Waals surface area contributed by atoms with Crippen molar-refractivity contribution in [3.8, 4) is 0 Å². The summed E-state index contributed by atoms with van der Waals surface area (Å²) in [7, 11) is 0. The van der Waals surface area contributed by atoms with Crippen LogP contribution in [0.4, 0.5) is 5.00 Å². The monoisotopic (exact) mass is 421 g/mol. The molecule has 162 valence electrons. The van der Waals surface area contributed by atoms with Gasteiger partial charge in [-0.2, -0.15) is 0 Å². The standard InChI is InChI=1S/C23H36N2O3S/c1-4-28-23(27)20-18-13-12-15(2)14-19(18)29-22(20)25-21(26)16(3)24-17-10-8-6-5-7-9-11-17/h15-17,24H,4-14H2,1-3H3,(H,25,26)/p+1/t15-,16-/m0/s1. The van der Waals surface area contributed by atoms with Crippen LogP contribution in [-0.4, -0.2) is 30.6 Å². The molecule has 0 bridgehead atoms. The van der Waals surface area contributed by atoms with Gasteiger partial charge in [0.2, 0.25) is 0 Å². The molecule has 0 unspecified atom stereocenters. The summed E-state index contributed by atoms with van der Waals surface area (Å²) < 4.78 is 5.32. The van der Waals surface area contributed by atoms with Gasteiger partial charge in [0.05, 0.1) is 18.2 Å². The van der Waals surface area contributed by atoms with E-state index in [0.717, 1.165) is 24.8 Å². The van der Waals surface area contributed by atoms with E-state index in [2.05, 4.69) is 17.6 Å². The third-order valence-corrected chi connectivity index (χ3v) is 7.52. The van der Waals surface area contributed by atoms with Gasteiger partial charge in [0, 0.05) is 4.88 Å². The molecule has 1 amide bonds. The van der Waals surface area contributed by atoms with Gasteiger partial charge in [0.1, 0.15) is 5.00 Å². The zero-order valence-electron chi connectivity index (χ0n) is 18.2. The molecular formula is C23H37N2O3S+. The summed E-state index contributed by atoms with van der Waals surface area (Å²) in [6.45, 7) is 6.40. The topological polar surface area (TPSA) is 72.0 Å². The second-order valence-corrected chi connectivity index (χ2v) is 9.96. The molecule has 0 saturated heterocycles. The number of fused-ring (bicyclic) bond motifs is 1. The van der Waals surface area contributed by atoms with E-state index in [9.17, 15) is 9.59 Å². The van der Waals surface area contributed by atoms with E-state index in [4.69, 9.17) is 4.74 Å². The Labute approximate surface area is 179 Å². The first-order chi connectivity index (χ1) is 14.0. The zero-order chi connectivity index (χ0) is 20.8. The third-order valence-electron chi connectivity index (χ3n) is 6.35. The molecule has 2 aliphatic rings. The number of carbonyl (C=O) groups is 2. The largest absolute Gasteiger partial charge is 0.462 e. The number of hydrogen-bond acceptors (Lipinski definition) is 4. The highest BCUT2D eigenvalue weighted by atomic mass is 32.1. The summed E-state index contributed by atoms with van der Waals surface area (Å²) in [6, 6.07) is 0.366. The van der Waals surface area contributed by atoms with Gasteiger partial charge in [-0.05, 0) is 70.3 Å². The average Bonchev–Trinajstić information content (AvgIpc) is 3.00. The SMILES string of the molecule is CCOC(=O)c1c(NC(=O)[C@H](C)[NH2+]C2CCCCCCC2)sc2c1CC[C@H](C)C2. The average molecular weight is 422 g/mol. The van der Waals surface area contributed by atoms with Gasteiger partial charge >= 0.3 is 5.97 Å². The molecule has 0 aromatic carbocycles. The molecule has 3 N–H and O–H groups in total. The van der Waals surface area contributed by atoms with Crippen LogP contribution in [0.1, 0.15) is 92.9 Å². The first-order valence-corrected chi connectivity index (χ1v) is 12.3. The minimum absolute atomic E-state index is 0.00995. The minimum atomic E-state index is -0.300. The molecule has 1 aromatic rings. The smallest absolute Gasteiger partial charge is 0.341 e. The number of amides is 1. The molecule has 1 fully saturated rings. The Morgan fingerprint density at radius 3 is 2.55 bits per heavy atom. The van der Waals surface area contributed by atoms with Gasteiger partial charge in [0.15, 0.2) is 6.04 Å². The van der Waals surface area contributed by atoms with Gasteiger partial charge in [-0.25, -0.2) is 4.79 Å². The fourth-order valence-corrected chi connectivity index (χ4v) is 6.06. The maximum atomic E-state index is 13.0. The number of anilines is 1. The van der Waals surface area contributed by atoms with Crippen LogP contribution in [0.5, 0.6) is 0 Å². The zero-order valence-corrected chi connectivity index (χ0v) is 19.0. The van der Waals surface area contributed by atoms with Gasteiger partial charge in [-0.1, -0.05) is 26.2 Å². The summed E-state index contributed by atoms with van der Waals surface area (Å²) in [5.74, 6) is 0.307. The van der Waals surface area contributed by atoms with Crippen molar-refractivity contribution in [1.82, 2.24) is 0 Å². The van der Waals surface area contributed by atoms with Gasteiger partial charge in [-0.15, -0.1) is 11.3 Å². The van der Waals surface area contributed by atoms with Crippen LogP contribution in [0, 0.1) is 5.92 Å². The Morgan fingerprint density at radius 2 is 1.86 bits per heavy atom. The predicted octanol–water partition coefficient (Wildman–Crippen LogP) is 4.05. The van der Waals surface area contributed by atoms with Crippen LogP contribution in [0.15, 0.2) is 0 Å². The van der Waals surface area contributed by atoms with Crippen molar-refractivity contribution in [2.75, 3.05) is 11.9 Å². The first-order valence-electron chi connectivity index (χ1n) is 11.5. The number of hydrogen-bond donors (Lipinski definition) is 2. The number of thiophene rings is 1. The third kappa shape index (κ3) is 5.82. The van der Waals surface area contributed by atoms with Crippen molar-refractivity contribution in [3.63, 3.8) is 0 Å². The lowest BCUT2D eigenvalue weighted by Gasteiger charge is -2.21. The Morgan fingerprint density at radius 1 is 1.17 bits per heavy atom. The quantitative estimate of drug-likeness (QED) is 0.681. The van der Waals surface area contributed by atoms with Crippen LogP contribution in [0.3, 0.4) is 0 Å². The molecule has 1 saturated carbocycles. The second-order valence-electron chi connectivity index (χ2n) is 8.85. The molecule has 0 aliphatic heterocycles. The first kappa shape index (κ1) is 22.3. The van der Waals surface area contributed by atoms with Crippen LogP contribution in [0.25, 0.3) is 0 Å². The van der Waals surface area contributed by atoms with Crippen LogP contribution in [0.2, 0.25) is 0 Å². The summed E-state index contributed by atoms with van der Waals surface area (Å²) in [5.41, 5.74) is 1.70. The second kappa shape index (κ2) is 10.6. The van der Waals surface area contributed by atoms with Gasteiger partial charge in [-0.3, -0.25) is 4.79 Å². The van der Waals surface area contributed by atoms with Gasteiger partial charge < -0.3 is 15.4 Å². The van der Waals surface area contributed by atoms with Crippen LogP contribution in [-0.2, 0) is 22.4 Å². The van der Waals surface area contributed by atoms with E-state index in [1.165, 1.54) is 49.8 Å². The van der Waals surface area contributed by atoms with Crippen molar-refractivity contribution in [2.45, 2.75) is 97.1 Å². The maximum absolute atomic E-state index is 13.0. The highest BCUT2D eigenvalue weighted by molar-refractivity contribution is 7.17. The van der Waals surface area contributed by atoms with Crippen molar-refractivity contribution >= 4 is 28.2 Å². The van der Waals surface area contributed by atoms with Crippen molar-refractivity contribution in [1.29, 1.82) is 0 Å². The molecule has 29 heavy (non-hydrogen) atoms. The van der Waals surface area contributed by atoms with Crippen molar-refractivity contribution in [2.24, 2.45) is 5.92 Å². The fraction of sp³-hybridized carbons (Fsp3) is 0.739. The van der Waals surface area contributed by atoms with Crippen LogP contribution >= 0.6 is 11.3 Å². The highest BCUT2D eigenvalue weighted by Crippen LogP contribution is 2.40. The number of quaternary nitrogens is 1. The Kier molecular flexibility index (Phi) is 8.13. The van der Waals surface area contributed by atoms with Crippen molar-refractivity contribution in [3.05, 3.63) is 16.0 Å². The maximum Gasteiger partial charge on any atom is 0.341 e. The molecule has 2 atom stereocenters. The number of rotatable bonds is 6. The normalized spacial score (nSPS) is 21.6. The number of nitrogens with one attached hydrogen (secondary N) is 1. The number of ether oxygens (including phenoxy) is 1. The highest BCUT2D eigenvalue weighted by Gasteiger charge is 2.31. The predicted molar refractivity (Wildman–Crippen MR) is 118 cm³/mol. The van der Waals surface area contributed by atoms with E-state index < -0.39 is 0 Å². The summed E-state index contributed by atoms with van der Waals surface area (Å²) in [5, 5.41) is 6.01. The van der Waals surface area contributed by atoms with E-state index in [1.807, 2.05) is 13.8 Å². The molecule has 5 nitrogen and oxygen atoms in total. The van der Waals surface area contributed by atoms with Gasteiger partial charge in [0.25, 0.3) is 5.91 Å². The van der Waals surface area contributed by atoms with E-state index in [1.54, 1.807) is 11.3 Å². The Balaban J connectivity index is 1.70. The summed E-state index contributed by atoms with van der Waals surface area (Å²) >= 11 is 1.57. The number of carbonyl (C=O) groups excluding carboxylic acids is 2. The van der Waals surface area contributed by atoms with Crippen LogP contribution < -0.4 is 10.6 Å². The lowest BCUT2D eigenvalue weighted by molar-refractivity contribution is -0.707. The van der Waals surface area contributed by atoms with Crippen molar-refractivity contribution < 1.29 is 19.6 Å². The summed E-state index contributed by atoms with van der Waals surface area (Å²) in [4.78, 5) is 26.8. The number of nitrogens with two attached hydrogens (primary N) is 1. The Bertz CT molecular complexity index is 707. The molecule has 0 spiro atoms. The van der Waals surface area contributed by atoms with E-state index in [-0.39, 0.29) is 17.9 Å². The van der Waals surface area contributed by atoms with E-state index in [0.29, 0.717) is 29.1 Å². The molecule has 6 heteroatoms. The molecule has 0 radical (unpaired) electrons. The molecule has 3 rings (SSSR count).